The maximum atomic E-state index is 9.04. The number of aromatic nitrogens is 7. The summed E-state index contributed by atoms with van der Waals surface area (Å²) in [6.45, 7) is 0.554. The highest BCUT2D eigenvalue weighted by Crippen LogP contribution is 2.23. The maximum absolute atomic E-state index is 9.04. The molecule has 0 amide bonds. The normalized spacial score (nSPS) is 14.7. The number of benzene rings is 1. The van der Waals surface area contributed by atoms with Crippen LogP contribution in [0.3, 0.4) is 0 Å². The SMILES string of the molecule is OCCn1cc(-c2ccc(-n3nnc4cnc(NC5CCCC5)nc43)cc2)cn1. The summed E-state index contributed by atoms with van der Waals surface area (Å²) < 4.78 is 3.46. The quantitative estimate of drug-likeness (QED) is 0.521. The van der Waals surface area contributed by atoms with Gasteiger partial charge in [-0.25, -0.2) is 4.98 Å². The third-order valence-electron chi connectivity index (χ3n) is 5.29. The first-order valence-corrected chi connectivity index (χ1v) is 9.89. The molecule has 3 heterocycles. The van der Waals surface area contributed by atoms with Gasteiger partial charge in [0.05, 0.1) is 31.2 Å². The Morgan fingerprint density at radius 1 is 1.07 bits per heavy atom. The van der Waals surface area contributed by atoms with E-state index < -0.39 is 0 Å². The van der Waals surface area contributed by atoms with Crippen molar-refractivity contribution < 1.29 is 5.11 Å². The molecule has 1 aromatic carbocycles. The fraction of sp³-hybridized carbons (Fsp3) is 0.350. The molecule has 9 heteroatoms. The fourth-order valence-corrected chi connectivity index (χ4v) is 3.76. The molecule has 5 rings (SSSR count). The van der Waals surface area contributed by atoms with Crippen molar-refractivity contribution in [2.45, 2.75) is 38.3 Å². The molecule has 0 aliphatic heterocycles. The van der Waals surface area contributed by atoms with E-state index in [0.717, 1.165) is 29.7 Å². The van der Waals surface area contributed by atoms with Crippen LogP contribution in [0.25, 0.3) is 28.0 Å². The van der Waals surface area contributed by atoms with E-state index in [-0.39, 0.29) is 6.61 Å². The molecule has 0 bridgehead atoms. The minimum Gasteiger partial charge on any atom is -0.394 e. The van der Waals surface area contributed by atoms with Crippen LogP contribution in [-0.2, 0) is 6.54 Å². The first-order valence-electron chi connectivity index (χ1n) is 9.89. The van der Waals surface area contributed by atoms with Gasteiger partial charge in [-0.1, -0.05) is 30.2 Å². The highest BCUT2D eigenvalue weighted by molar-refractivity contribution is 5.72. The highest BCUT2D eigenvalue weighted by atomic mass is 16.3. The number of nitrogens with zero attached hydrogens (tertiary/aromatic N) is 7. The van der Waals surface area contributed by atoms with Crippen LogP contribution in [0.2, 0.25) is 0 Å². The summed E-state index contributed by atoms with van der Waals surface area (Å²) in [5.41, 5.74) is 4.27. The molecule has 148 valence electrons. The molecule has 3 aromatic heterocycles. The number of aliphatic hydroxyl groups is 1. The van der Waals surface area contributed by atoms with E-state index in [0.29, 0.717) is 29.7 Å². The van der Waals surface area contributed by atoms with Gasteiger partial charge in [-0.2, -0.15) is 14.8 Å². The van der Waals surface area contributed by atoms with Crippen LogP contribution in [0.1, 0.15) is 25.7 Å². The topological polar surface area (TPSA) is 107 Å². The van der Waals surface area contributed by atoms with E-state index in [4.69, 9.17) is 5.11 Å². The zero-order valence-electron chi connectivity index (χ0n) is 15.9. The smallest absolute Gasteiger partial charge is 0.225 e. The fourth-order valence-electron chi connectivity index (χ4n) is 3.76. The van der Waals surface area contributed by atoms with Crippen molar-refractivity contribution in [3.8, 4) is 16.8 Å². The third kappa shape index (κ3) is 3.56. The minimum atomic E-state index is 0.0683. The third-order valence-corrected chi connectivity index (χ3v) is 5.29. The Morgan fingerprint density at radius 2 is 1.90 bits per heavy atom. The highest BCUT2D eigenvalue weighted by Gasteiger charge is 2.17. The molecule has 4 aromatic rings. The van der Waals surface area contributed by atoms with Crippen LogP contribution in [-0.4, -0.2) is 52.5 Å². The molecule has 0 saturated heterocycles. The molecule has 1 fully saturated rings. The molecule has 0 spiro atoms. The summed E-state index contributed by atoms with van der Waals surface area (Å²) in [6, 6.07) is 8.45. The lowest BCUT2D eigenvalue weighted by Crippen LogP contribution is -2.16. The first-order chi connectivity index (χ1) is 14.3. The van der Waals surface area contributed by atoms with Crippen LogP contribution in [0.15, 0.2) is 42.9 Å². The summed E-state index contributed by atoms with van der Waals surface area (Å²) in [4.78, 5) is 9.04. The molecule has 2 N–H and O–H groups in total. The molecule has 1 aliphatic rings. The summed E-state index contributed by atoms with van der Waals surface area (Å²) in [5.74, 6) is 0.626. The van der Waals surface area contributed by atoms with E-state index in [1.807, 2.05) is 30.5 Å². The van der Waals surface area contributed by atoms with E-state index >= 15 is 0 Å². The van der Waals surface area contributed by atoms with E-state index in [1.54, 1.807) is 21.8 Å². The second-order valence-corrected chi connectivity index (χ2v) is 7.29. The van der Waals surface area contributed by atoms with E-state index in [9.17, 15) is 0 Å². The lowest BCUT2D eigenvalue weighted by atomic mass is 10.1. The molecule has 0 atom stereocenters. The van der Waals surface area contributed by atoms with Crippen molar-refractivity contribution in [3.05, 3.63) is 42.9 Å². The first kappa shape index (κ1) is 17.7. The number of nitrogens with one attached hydrogen (secondary N) is 1. The van der Waals surface area contributed by atoms with Crippen molar-refractivity contribution >= 4 is 17.1 Å². The van der Waals surface area contributed by atoms with Crippen molar-refractivity contribution in [2.75, 3.05) is 11.9 Å². The van der Waals surface area contributed by atoms with Crippen molar-refractivity contribution in [3.63, 3.8) is 0 Å². The molecule has 0 radical (unpaired) electrons. The van der Waals surface area contributed by atoms with Gasteiger partial charge in [0.2, 0.25) is 5.95 Å². The molecule has 29 heavy (non-hydrogen) atoms. The monoisotopic (exact) mass is 390 g/mol. The van der Waals surface area contributed by atoms with Crippen LogP contribution < -0.4 is 5.32 Å². The maximum Gasteiger partial charge on any atom is 0.225 e. The van der Waals surface area contributed by atoms with Gasteiger partial charge in [-0.05, 0) is 30.5 Å². The largest absolute Gasteiger partial charge is 0.394 e. The molecule has 1 aliphatic carbocycles. The number of rotatable bonds is 6. The Morgan fingerprint density at radius 3 is 2.69 bits per heavy atom. The number of hydrogen-bond acceptors (Lipinski definition) is 7. The predicted octanol–water partition coefficient (Wildman–Crippen LogP) is 2.42. The van der Waals surface area contributed by atoms with Gasteiger partial charge < -0.3 is 10.4 Å². The van der Waals surface area contributed by atoms with Gasteiger partial charge in [0.1, 0.15) is 0 Å². The Labute approximate surface area is 167 Å². The lowest BCUT2D eigenvalue weighted by Gasteiger charge is -2.11. The number of anilines is 1. The van der Waals surface area contributed by atoms with Crippen LogP contribution in [0.4, 0.5) is 5.95 Å². The molecule has 9 nitrogen and oxygen atoms in total. The molecule has 1 saturated carbocycles. The molecular weight excluding hydrogens is 368 g/mol. The van der Waals surface area contributed by atoms with Gasteiger partial charge in [-0.3, -0.25) is 4.68 Å². The van der Waals surface area contributed by atoms with Crippen LogP contribution in [0.5, 0.6) is 0 Å². The van der Waals surface area contributed by atoms with E-state index in [1.165, 1.54) is 12.8 Å². The summed E-state index contributed by atoms with van der Waals surface area (Å²) in [6.07, 6.45) is 10.3. The summed E-state index contributed by atoms with van der Waals surface area (Å²) in [7, 11) is 0. The Balaban J connectivity index is 1.42. The lowest BCUT2D eigenvalue weighted by molar-refractivity contribution is 0.269. The van der Waals surface area contributed by atoms with Gasteiger partial charge >= 0.3 is 0 Å². The zero-order valence-corrected chi connectivity index (χ0v) is 15.9. The summed E-state index contributed by atoms with van der Waals surface area (Å²) in [5, 5.41) is 25.2. The van der Waals surface area contributed by atoms with E-state index in [2.05, 4.69) is 30.7 Å². The average molecular weight is 390 g/mol. The van der Waals surface area contributed by atoms with Gasteiger partial charge in [0.25, 0.3) is 0 Å². The van der Waals surface area contributed by atoms with Crippen molar-refractivity contribution in [2.24, 2.45) is 0 Å². The predicted molar refractivity (Wildman–Crippen MR) is 109 cm³/mol. The standard InChI is InChI=1S/C20H22N8O/c29-10-9-27-13-15(11-22-27)14-5-7-17(8-6-14)28-19-18(25-26-28)12-21-20(24-19)23-16-3-1-2-4-16/h5-8,11-13,16,29H,1-4,9-10H2,(H,21,23,24). The van der Waals surface area contributed by atoms with Gasteiger partial charge in [-0.15, -0.1) is 5.10 Å². The summed E-state index contributed by atoms with van der Waals surface area (Å²) >= 11 is 0. The number of fused-ring (bicyclic) bond motifs is 1. The average Bonchev–Trinajstić information content (AvgIpc) is 3.49. The molecule has 0 unspecified atom stereocenters. The number of aliphatic hydroxyl groups excluding tert-OH is 1. The Bertz CT molecular complexity index is 1110. The second-order valence-electron chi connectivity index (χ2n) is 7.29. The van der Waals surface area contributed by atoms with Gasteiger partial charge in [0, 0.05) is 17.8 Å². The van der Waals surface area contributed by atoms with Crippen LogP contribution >= 0.6 is 0 Å². The molecular formula is C20H22N8O. The minimum absolute atomic E-state index is 0.0683. The van der Waals surface area contributed by atoms with Gasteiger partial charge in [0.15, 0.2) is 11.2 Å². The Kier molecular flexibility index (Phi) is 4.65. The second kappa shape index (κ2) is 7.59. The van der Waals surface area contributed by atoms with Crippen LogP contribution in [0, 0.1) is 0 Å². The van der Waals surface area contributed by atoms with Crippen molar-refractivity contribution in [1.82, 2.24) is 34.7 Å². The number of hydrogen-bond donors (Lipinski definition) is 2. The Hall–Kier alpha value is -3.33. The van der Waals surface area contributed by atoms with Crippen molar-refractivity contribution in [1.29, 1.82) is 0 Å². The zero-order chi connectivity index (χ0) is 19.6.